The van der Waals surface area contributed by atoms with Crippen molar-refractivity contribution in [1.82, 2.24) is 19.7 Å². The first-order valence-electron chi connectivity index (χ1n) is 7.84. The maximum atomic E-state index is 12.1. The van der Waals surface area contributed by atoms with Gasteiger partial charge in [0.2, 0.25) is 0 Å². The van der Waals surface area contributed by atoms with Crippen molar-refractivity contribution < 1.29 is 9.53 Å². The second-order valence-corrected chi connectivity index (χ2v) is 5.29. The minimum absolute atomic E-state index is 0.241. The Labute approximate surface area is 139 Å². The fraction of sp³-hybridized carbons (Fsp3) is 0.294. The number of anilines is 1. The van der Waals surface area contributed by atoms with Gasteiger partial charge in [0, 0.05) is 11.9 Å². The van der Waals surface area contributed by atoms with Crippen molar-refractivity contribution in [2.45, 2.75) is 20.4 Å². The zero-order chi connectivity index (χ0) is 16.9. The number of hydrogen-bond donors (Lipinski definition) is 1. The van der Waals surface area contributed by atoms with Crippen molar-refractivity contribution in [3.8, 4) is 0 Å². The van der Waals surface area contributed by atoms with Gasteiger partial charge in [-0.05, 0) is 32.0 Å². The van der Waals surface area contributed by atoms with Crippen molar-refractivity contribution in [2.24, 2.45) is 0 Å². The van der Waals surface area contributed by atoms with Gasteiger partial charge in [0.05, 0.1) is 17.8 Å². The maximum Gasteiger partial charge on any atom is 0.356 e. The Morgan fingerprint density at radius 1 is 1.29 bits per heavy atom. The van der Waals surface area contributed by atoms with Crippen molar-refractivity contribution >= 4 is 22.7 Å². The van der Waals surface area contributed by atoms with Crippen LogP contribution in [0.4, 0.5) is 5.82 Å². The van der Waals surface area contributed by atoms with E-state index in [0.29, 0.717) is 18.8 Å². The lowest BCUT2D eigenvalue weighted by molar-refractivity contribution is 0.0506. The highest BCUT2D eigenvalue weighted by molar-refractivity contribution is 5.89. The van der Waals surface area contributed by atoms with Gasteiger partial charge in [-0.1, -0.05) is 12.1 Å². The number of para-hydroxylation sites is 1. The van der Waals surface area contributed by atoms with Gasteiger partial charge < -0.3 is 10.1 Å². The highest BCUT2D eigenvalue weighted by atomic mass is 16.5. The summed E-state index contributed by atoms with van der Waals surface area (Å²) in [5.41, 5.74) is 2.14. The minimum atomic E-state index is -0.369. The summed E-state index contributed by atoms with van der Waals surface area (Å²) in [7, 11) is 0. The van der Waals surface area contributed by atoms with E-state index in [1.807, 2.05) is 38.1 Å². The molecule has 2 heterocycles. The summed E-state index contributed by atoms with van der Waals surface area (Å²) in [5, 5.41) is 8.36. The fourth-order valence-corrected chi connectivity index (χ4v) is 2.48. The van der Waals surface area contributed by atoms with E-state index < -0.39 is 0 Å². The zero-order valence-corrected chi connectivity index (χ0v) is 13.7. The quantitative estimate of drug-likeness (QED) is 0.554. The number of nitrogens with one attached hydrogen (secondary N) is 1. The number of aromatic nitrogens is 4. The molecule has 1 N–H and O–H groups in total. The standard InChI is InChI=1S/C17H19N5O2/c1-3-22-15(10-12(2)21-22)17(23)24-9-8-18-16-13-6-4-5-7-14(13)19-11-20-16/h4-7,10-11H,3,8-9H2,1-2H3,(H,18,19,20). The summed E-state index contributed by atoms with van der Waals surface area (Å²) < 4.78 is 6.95. The van der Waals surface area contributed by atoms with Crippen molar-refractivity contribution in [3.05, 3.63) is 48.0 Å². The third-order valence-corrected chi connectivity index (χ3v) is 3.58. The van der Waals surface area contributed by atoms with Gasteiger partial charge in [0.15, 0.2) is 0 Å². The molecule has 0 bridgehead atoms. The number of aryl methyl sites for hydroxylation is 2. The van der Waals surface area contributed by atoms with Crippen LogP contribution in [0.3, 0.4) is 0 Å². The van der Waals surface area contributed by atoms with Gasteiger partial charge in [0.1, 0.15) is 24.4 Å². The average molecular weight is 325 g/mol. The number of ether oxygens (including phenoxy) is 1. The van der Waals surface area contributed by atoms with E-state index in [-0.39, 0.29) is 12.6 Å². The summed E-state index contributed by atoms with van der Waals surface area (Å²) >= 11 is 0. The number of benzene rings is 1. The minimum Gasteiger partial charge on any atom is -0.459 e. The third kappa shape index (κ3) is 3.34. The lowest BCUT2D eigenvalue weighted by Crippen LogP contribution is -2.17. The lowest BCUT2D eigenvalue weighted by Gasteiger charge is -2.09. The Balaban J connectivity index is 1.57. The summed E-state index contributed by atoms with van der Waals surface area (Å²) in [6.07, 6.45) is 1.51. The molecule has 0 fully saturated rings. The Morgan fingerprint density at radius 3 is 2.96 bits per heavy atom. The first kappa shape index (κ1) is 15.9. The van der Waals surface area contributed by atoms with Crippen molar-refractivity contribution in [1.29, 1.82) is 0 Å². The summed E-state index contributed by atoms with van der Waals surface area (Å²) in [6.45, 7) is 5.12. The molecule has 124 valence electrons. The second kappa shape index (κ2) is 7.08. The number of esters is 1. The zero-order valence-electron chi connectivity index (χ0n) is 13.7. The first-order chi connectivity index (χ1) is 11.7. The predicted molar refractivity (Wildman–Crippen MR) is 90.9 cm³/mol. The Kier molecular flexibility index (Phi) is 4.69. The number of hydrogen-bond acceptors (Lipinski definition) is 6. The molecule has 0 atom stereocenters. The Bertz CT molecular complexity index is 854. The monoisotopic (exact) mass is 325 g/mol. The molecule has 24 heavy (non-hydrogen) atoms. The Hall–Kier alpha value is -2.96. The highest BCUT2D eigenvalue weighted by Gasteiger charge is 2.14. The normalized spacial score (nSPS) is 10.8. The van der Waals surface area contributed by atoms with Crippen LogP contribution in [0.15, 0.2) is 36.7 Å². The predicted octanol–water partition coefficient (Wildman–Crippen LogP) is 2.42. The molecule has 0 spiro atoms. The van der Waals surface area contributed by atoms with Crippen molar-refractivity contribution in [3.63, 3.8) is 0 Å². The van der Waals surface area contributed by atoms with Crippen LogP contribution in [0.1, 0.15) is 23.1 Å². The maximum absolute atomic E-state index is 12.1. The van der Waals surface area contributed by atoms with Gasteiger partial charge in [0.25, 0.3) is 0 Å². The molecular weight excluding hydrogens is 306 g/mol. The van der Waals surface area contributed by atoms with E-state index in [9.17, 15) is 4.79 Å². The SMILES string of the molecule is CCn1nc(C)cc1C(=O)OCCNc1ncnc2ccccc12. The number of rotatable bonds is 6. The summed E-state index contributed by atoms with van der Waals surface area (Å²) in [4.78, 5) is 20.6. The Morgan fingerprint density at radius 2 is 2.12 bits per heavy atom. The van der Waals surface area contributed by atoms with Crippen LogP contribution in [-0.2, 0) is 11.3 Å². The number of carbonyl (C=O) groups excluding carboxylic acids is 1. The van der Waals surface area contributed by atoms with Crippen LogP contribution in [0.2, 0.25) is 0 Å². The van der Waals surface area contributed by atoms with Crippen LogP contribution in [0.25, 0.3) is 10.9 Å². The van der Waals surface area contributed by atoms with Gasteiger partial charge in [-0.15, -0.1) is 0 Å². The van der Waals surface area contributed by atoms with Gasteiger partial charge in [-0.3, -0.25) is 4.68 Å². The molecule has 0 saturated carbocycles. The van der Waals surface area contributed by atoms with E-state index in [2.05, 4.69) is 20.4 Å². The molecule has 7 nitrogen and oxygen atoms in total. The molecule has 0 saturated heterocycles. The van der Waals surface area contributed by atoms with Crippen LogP contribution < -0.4 is 5.32 Å². The van der Waals surface area contributed by atoms with Crippen LogP contribution in [0.5, 0.6) is 0 Å². The molecule has 3 rings (SSSR count). The van der Waals surface area contributed by atoms with E-state index in [1.165, 1.54) is 6.33 Å². The van der Waals surface area contributed by atoms with E-state index in [4.69, 9.17) is 4.74 Å². The second-order valence-electron chi connectivity index (χ2n) is 5.29. The molecule has 1 aromatic carbocycles. The average Bonchev–Trinajstić information content (AvgIpc) is 2.99. The van der Waals surface area contributed by atoms with Crippen LogP contribution in [-0.4, -0.2) is 38.9 Å². The molecule has 0 amide bonds. The molecule has 0 aliphatic rings. The lowest BCUT2D eigenvalue weighted by atomic mass is 10.2. The smallest absolute Gasteiger partial charge is 0.356 e. The van der Waals surface area contributed by atoms with E-state index in [1.54, 1.807) is 10.7 Å². The van der Waals surface area contributed by atoms with Crippen LogP contribution in [0, 0.1) is 6.92 Å². The third-order valence-electron chi connectivity index (χ3n) is 3.58. The number of nitrogens with zero attached hydrogens (tertiary/aromatic N) is 4. The fourth-order valence-electron chi connectivity index (χ4n) is 2.48. The van der Waals surface area contributed by atoms with E-state index in [0.717, 1.165) is 22.4 Å². The molecule has 7 heteroatoms. The molecule has 0 aliphatic carbocycles. The molecule has 0 radical (unpaired) electrons. The van der Waals surface area contributed by atoms with Gasteiger partial charge in [-0.2, -0.15) is 5.10 Å². The summed E-state index contributed by atoms with van der Waals surface area (Å²) in [6, 6.07) is 9.48. The first-order valence-corrected chi connectivity index (χ1v) is 7.84. The molecule has 2 aromatic heterocycles. The summed E-state index contributed by atoms with van der Waals surface area (Å²) in [5.74, 6) is 0.359. The van der Waals surface area contributed by atoms with Gasteiger partial charge >= 0.3 is 5.97 Å². The highest BCUT2D eigenvalue weighted by Crippen LogP contribution is 2.17. The van der Waals surface area contributed by atoms with E-state index >= 15 is 0 Å². The van der Waals surface area contributed by atoms with Crippen LogP contribution >= 0.6 is 0 Å². The van der Waals surface area contributed by atoms with Gasteiger partial charge in [-0.25, -0.2) is 14.8 Å². The molecule has 0 aliphatic heterocycles. The molecule has 3 aromatic rings. The molecule has 0 unspecified atom stereocenters. The number of fused-ring (bicyclic) bond motifs is 1. The van der Waals surface area contributed by atoms with Crippen molar-refractivity contribution in [2.75, 3.05) is 18.5 Å². The topological polar surface area (TPSA) is 81.9 Å². The molecular formula is C17H19N5O2. The number of carbonyl (C=O) groups is 1. The largest absolute Gasteiger partial charge is 0.459 e.